The zero-order valence-electron chi connectivity index (χ0n) is 20.4. The molecule has 4 nitrogen and oxygen atoms in total. The van der Waals surface area contributed by atoms with Crippen molar-refractivity contribution < 1.29 is 14.3 Å². The zero-order valence-corrected chi connectivity index (χ0v) is 21.9. The Morgan fingerprint density at radius 1 is 1.15 bits per heavy atom. The highest BCUT2D eigenvalue weighted by Crippen LogP contribution is 2.46. The molecule has 2 aliphatic heterocycles. The maximum atomic E-state index is 12.4. The van der Waals surface area contributed by atoms with E-state index in [0.29, 0.717) is 16.7 Å². The highest BCUT2D eigenvalue weighted by atomic mass is 35.5. The Kier molecular flexibility index (Phi) is 7.33. The van der Waals surface area contributed by atoms with Crippen molar-refractivity contribution in [1.29, 1.82) is 0 Å². The van der Waals surface area contributed by atoms with E-state index in [0.717, 1.165) is 49.4 Å². The van der Waals surface area contributed by atoms with Gasteiger partial charge in [-0.15, -0.1) is 0 Å². The van der Waals surface area contributed by atoms with Gasteiger partial charge in [0.2, 0.25) is 0 Å². The first-order valence-electron chi connectivity index (χ1n) is 11.9. The number of likely N-dealkylation sites (tertiary alicyclic amines) is 1. The third kappa shape index (κ3) is 5.62. The second-order valence-corrected chi connectivity index (χ2v) is 11.3. The van der Waals surface area contributed by atoms with Crippen molar-refractivity contribution in [1.82, 2.24) is 4.90 Å². The highest BCUT2D eigenvalue weighted by molar-refractivity contribution is 6.37. The van der Waals surface area contributed by atoms with Gasteiger partial charge in [-0.25, -0.2) is 0 Å². The van der Waals surface area contributed by atoms with Gasteiger partial charge in [0.1, 0.15) is 11.4 Å². The summed E-state index contributed by atoms with van der Waals surface area (Å²) in [4.78, 5) is 14.7. The summed E-state index contributed by atoms with van der Waals surface area (Å²) < 4.78 is 11.7. The number of hydrogen-bond donors (Lipinski definition) is 0. The number of carbonyl (C=O) groups is 1. The second-order valence-electron chi connectivity index (χ2n) is 10.5. The number of nitrogens with zero attached hydrogens (tertiary/aromatic N) is 1. The van der Waals surface area contributed by atoms with Crippen LogP contribution in [0.4, 0.5) is 0 Å². The number of rotatable bonds is 5. The van der Waals surface area contributed by atoms with E-state index in [2.05, 4.69) is 23.1 Å². The van der Waals surface area contributed by atoms with Gasteiger partial charge >= 0.3 is 5.97 Å². The molecule has 2 aliphatic rings. The number of esters is 1. The van der Waals surface area contributed by atoms with Crippen LogP contribution in [0.3, 0.4) is 0 Å². The predicted octanol–water partition coefficient (Wildman–Crippen LogP) is 6.87. The first kappa shape index (κ1) is 25.1. The Bertz CT molecular complexity index is 1060. The van der Waals surface area contributed by atoms with Crippen LogP contribution in [0.15, 0.2) is 36.4 Å². The fourth-order valence-electron chi connectivity index (χ4n) is 4.78. The number of ether oxygens (including phenoxy) is 2. The van der Waals surface area contributed by atoms with E-state index in [4.69, 9.17) is 32.7 Å². The molecular formula is C28H33Cl2NO3. The molecule has 2 heterocycles. The first-order chi connectivity index (χ1) is 16.1. The predicted molar refractivity (Wildman–Crippen MR) is 140 cm³/mol. The van der Waals surface area contributed by atoms with Gasteiger partial charge in [0, 0.05) is 33.1 Å². The molecule has 0 amide bonds. The average Bonchev–Trinajstić information content (AvgIpc) is 3.11. The fourth-order valence-corrected chi connectivity index (χ4v) is 5.31. The minimum absolute atomic E-state index is 0.0509. The molecule has 6 heteroatoms. The average molecular weight is 502 g/mol. The van der Waals surface area contributed by atoms with E-state index in [-0.39, 0.29) is 17.3 Å². The Labute approximate surface area is 212 Å². The van der Waals surface area contributed by atoms with Crippen LogP contribution in [0.1, 0.15) is 57.2 Å². The van der Waals surface area contributed by atoms with Gasteiger partial charge in [0.15, 0.2) is 0 Å². The molecule has 0 aliphatic carbocycles. The molecule has 2 aromatic rings. The molecule has 1 unspecified atom stereocenters. The normalized spacial score (nSPS) is 18.6. The van der Waals surface area contributed by atoms with Crippen molar-refractivity contribution in [3.63, 3.8) is 0 Å². The van der Waals surface area contributed by atoms with Crippen molar-refractivity contribution in [3.05, 3.63) is 63.1 Å². The molecule has 1 fully saturated rings. The molecule has 0 N–H and O–H groups in total. The summed E-state index contributed by atoms with van der Waals surface area (Å²) in [6, 6.07) is 12.0. The highest BCUT2D eigenvalue weighted by Gasteiger charge is 2.43. The second kappa shape index (κ2) is 9.93. The number of benzene rings is 2. The van der Waals surface area contributed by atoms with Crippen molar-refractivity contribution in [2.24, 2.45) is 5.92 Å². The summed E-state index contributed by atoms with van der Waals surface area (Å²) in [6.45, 7) is 11.0. The summed E-state index contributed by atoms with van der Waals surface area (Å²) in [6.07, 6.45) is 6.00. The Morgan fingerprint density at radius 3 is 2.47 bits per heavy atom. The van der Waals surface area contributed by atoms with Gasteiger partial charge in [-0.3, -0.25) is 4.79 Å². The lowest BCUT2D eigenvalue weighted by molar-refractivity contribution is -0.160. The number of carbonyl (C=O) groups excluding carboxylic acids is 1. The maximum Gasteiger partial charge on any atom is 0.310 e. The number of halogens is 2. The quantitative estimate of drug-likeness (QED) is 0.331. The van der Waals surface area contributed by atoms with Crippen LogP contribution in [-0.4, -0.2) is 42.7 Å². The Morgan fingerprint density at radius 2 is 1.82 bits per heavy atom. The molecule has 1 saturated heterocycles. The lowest BCUT2D eigenvalue weighted by atomic mass is 9.74. The van der Waals surface area contributed by atoms with Crippen LogP contribution in [0.2, 0.25) is 10.0 Å². The van der Waals surface area contributed by atoms with Gasteiger partial charge in [-0.05, 0) is 70.5 Å². The molecule has 2 aromatic carbocycles. The smallest absolute Gasteiger partial charge is 0.310 e. The van der Waals surface area contributed by atoms with E-state index in [1.165, 1.54) is 5.56 Å². The molecule has 0 aromatic heterocycles. The summed E-state index contributed by atoms with van der Waals surface area (Å²) in [7, 11) is 0. The SMILES string of the molecule is CC(CN1CCC2(CC1)COc1cc(/C=C/c3c(Cl)cccc3Cl)ccc12)C(=O)OC(C)(C)C. The number of piperidine rings is 1. The standard InChI is InChI=1S/C28H33Cl2NO3/c1-19(26(32)34-27(2,3)4)17-31-14-12-28(13-15-31)18-33-25-16-20(9-11-22(25)28)8-10-21-23(29)6-5-7-24(21)30/h5-11,16,19H,12-15,17-18H2,1-4H3/b10-8+. The number of fused-ring (bicyclic) bond motifs is 2. The van der Waals surface area contributed by atoms with E-state index < -0.39 is 5.60 Å². The van der Waals surface area contributed by atoms with Gasteiger partial charge < -0.3 is 14.4 Å². The third-order valence-corrected chi connectivity index (χ3v) is 7.34. The van der Waals surface area contributed by atoms with Crippen LogP contribution in [0.5, 0.6) is 5.75 Å². The molecular weight excluding hydrogens is 469 g/mol. The van der Waals surface area contributed by atoms with Crippen LogP contribution < -0.4 is 4.74 Å². The summed E-state index contributed by atoms with van der Waals surface area (Å²) in [5.74, 6) is 0.699. The van der Waals surface area contributed by atoms with E-state index in [1.807, 2.05) is 58.0 Å². The van der Waals surface area contributed by atoms with Gasteiger partial charge in [0.25, 0.3) is 0 Å². The molecule has 1 spiro atoms. The minimum Gasteiger partial charge on any atom is -0.492 e. The van der Waals surface area contributed by atoms with Crippen LogP contribution >= 0.6 is 23.2 Å². The molecule has 0 saturated carbocycles. The molecule has 0 radical (unpaired) electrons. The largest absolute Gasteiger partial charge is 0.492 e. The van der Waals surface area contributed by atoms with Crippen LogP contribution in [0, 0.1) is 5.92 Å². The Hall–Kier alpha value is -2.01. The summed E-state index contributed by atoms with van der Waals surface area (Å²) in [5.41, 5.74) is 2.76. The lowest BCUT2D eigenvalue weighted by Gasteiger charge is -2.39. The number of hydrogen-bond acceptors (Lipinski definition) is 4. The summed E-state index contributed by atoms with van der Waals surface area (Å²) >= 11 is 12.6. The van der Waals surface area contributed by atoms with Crippen molar-refractivity contribution in [2.75, 3.05) is 26.2 Å². The molecule has 182 valence electrons. The van der Waals surface area contributed by atoms with E-state index in [1.54, 1.807) is 0 Å². The minimum atomic E-state index is -0.449. The maximum absolute atomic E-state index is 12.4. The van der Waals surface area contributed by atoms with E-state index in [9.17, 15) is 4.79 Å². The molecule has 34 heavy (non-hydrogen) atoms. The monoisotopic (exact) mass is 501 g/mol. The van der Waals surface area contributed by atoms with Gasteiger partial charge in [-0.1, -0.05) is 60.5 Å². The van der Waals surface area contributed by atoms with E-state index >= 15 is 0 Å². The lowest BCUT2D eigenvalue weighted by Crippen LogP contribution is -2.46. The van der Waals surface area contributed by atoms with Crippen LogP contribution in [-0.2, 0) is 14.9 Å². The van der Waals surface area contributed by atoms with Gasteiger partial charge in [0.05, 0.1) is 12.5 Å². The Balaban J connectivity index is 1.39. The van der Waals surface area contributed by atoms with Crippen LogP contribution in [0.25, 0.3) is 12.2 Å². The zero-order chi connectivity index (χ0) is 24.5. The molecule has 1 atom stereocenters. The topological polar surface area (TPSA) is 38.8 Å². The van der Waals surface area contributed by atoms with Crippen molar-refractivity contribution in [2.45, 2.75) is 51.6 Å². The van der Waals surface area contributed by atoms with Gasteiger partial charge in [-0.2, -0.15) is 0 Å². The summed E-state index contributed by atoms with van der Waals surface area (Å²) in [5, 5.41) is 1.26. The molecule has 0 bridgehead atoms. The fraction of sp³-hybridized carbons (Fsp3) is 0.464. The van der Waals surface area contributed by atoms with Crippen molar-refractivity contribution >= 4 is 41.3 Å². The first-order valence-corrected chi connectivity index (χ1v) is 12.7. The third-order valence-electron chi connectivity index (χ3n) is 6.68. The molecule has 4 rings (SSSR count). The van der Waals surface area contributed by atoms with Crippen molar-refractivity contribution in [3.8, 4) is 5.75 Å².